The van der Waals surface area contributed by atoms with Gasteiger partial charge in [0.25, 0.3) is 5.91 Å². The second-order valence-corrected chi connectivity index (χ2v) is 14.8. The third-order valence-corrected chi connectivity index (χ3v) is 9.08. The van der Waals surface area contributed by atoms with Gasteiger partial charge in [0.1, 0.15) is 18.6 Å². The molecule has 0 aromatic rings. The summed E-state index contributed by atoms with van der Waals surface area (Å²) in [7, 11) is 0. The standard InChI is InChI=1S/C25H39N5O7.C6H12.C4H10/c1-25(2,3)20(29-24(36)27-12-18(31)37-13-15-8-9-15)23(35)30-10-4-5-17(30)22(34)28-16(11-14-6-7-14)19(32)21(26)33;1-6-4-2-3-5-6;1-3-4-2/h14-17,20H,4-13H2,1-3H3,(H2,26,33)(H,28,34)(H2,27,29,36);6H,2-5H2,1H3;3-4H2,1-2H3/t16?,17-,20?;;/m0../s1. The van der Waals surface area contributed by atoms with Crippen LogP contribution in [0.5, 0.6) is 0 Å². The molecule has 0 bridgehead atoms. The molecule has 268 valence electrons. The van der Waals surface area contributed by atoms with E-state index in [0.717, 1.165) is 31.6 Å². The van der Waals surface area contributed by atoms with Gasteiger partial charge in [0, 0.05) is 6.54 Å². The zero-order valence-corrected chi connectivity index (χ0v) is 29.7. The lowest BCUT2D eigenvalue weighted by Gasteiger charge is -2.35. The summed E-state index contributed by atoms with van der Waals surface area (Å²) < 4.78 is 5.09. The largest absolute Gasteiger partial charge is 0.464 e. The number of nitrogens with zero attached hydrogens (tertiary/aromatic N) is 1. The van der Waals surface area contributed by atoms with E-state index in [1.165, 1.54) is 43.4 Å². The fourth-order valence-electron chi connectivity index (χ4n) is 5.49. The summed E-state index contributed by atoms with van der Waals surface area (Å²) in [5.74, 6) is -1.77. The molecule has 1 saturated heterocycles. The van der Waals surface area contributed by atoms with Crippen molar-refractivity contribution in [3.63, 3.8) is 0 Å². The molecule has 0 radical (unpaired) electrons. The van der Waals surface area contributed by atoms with E-state index in [4.69, 9.17) is 10.5 Å². The topological polar surface area (TPSA) is 177 Å². The van der Waals surface area contributed by atoms with Crippen LogP contribution in [0.3, 0.4) is 0 Å². The van der Waals surface area contributed by atoms with E-state index in [2.05, 4.69) is 36.7 Å². The molecule has 47 heavy (non-hydrogen) atoms. The highest BCUT2D eigenvalue weighted by molar-refractivity contribution is 6.37. The van der Waals surface area contributed by atoms with Gasteiger partial charge in [-0.25, -0.2) is 4.79 Å². The highest BCUT2D eigenvalue weighted by atomic mass is 16.5. The summed E-state index contributed by atoms with van der Waals surface area (Å²) in [5.41, 5.74) is 4.46. The molecule has 3 aliphatic carbocycles. The van der Waals surface area contributed by atoms with Gasteiger partial charge in [-0.1, -0.05) is 92.9 Å². The SMILES string of the molecule is CC(C)(C)C(NC(=O)NCC(=O)OCC1CC1)C(=O)N1CCC[C@H]1C(=O)NC(CC1CC1)C(=O)C(N)=O.CC1CCCC1.CCCC. The summed E-state index contributed by atoms with van der Waals surface area (Å²) in [6, 6.07) is -3.55. The fourth-order valence-corrected chi connectivity index (χ4v) is 5.49. The predicted octanol–water partition coefficient (Wildman–Crippen LogP) is 3.99. The highest BCUT2D eigenvalue weighted by Gasteiger charge is 2.43. The van der Waals surface area contributed by atoms with Gasteiger partial charge in [0.15, 0.2) is 0 Å². The molecular formula is C35H61N5O7. The molecule has 2 unspecified atom stereocenters. The molecule has 4 aliphatic rings. The van der Waals surface area contributed by atoms with Crippen LogP contribution >= 0.6 is 0 Å². The van der Waals surface area contributed by atoms with Gasteiger partial charge in [-0.05, 0) is 55.3 Å². The molecule has 3 atom stereocenters. The highest BCUT2D eigenvalue weighted by Crippen LogP contribution is 2.34. The fraction of sp³-hybridized carbons (Fsp3) is 0.829. The van der Waals surface area contributed by atoms with Crippen molar-refractivity contribution in [3.05, 3.63) is 0 Å². The smallest absolute Gasteiger partial charge is 0.325 e. The lowest BCUT2D eigenvalue weighted by molar-refractivity contribution is -0.143. The lowest BCUT2D eigenvalue weighted by atomic mass is 9.85. The maximum atomic E-state index is 13.6. The maximum Gasteiger partial charge on any atom is 0.325 e. The Kier molecular flexibility index (Phi) is 16.7. The number of hydrogen-bond donors (Lipinski definition) is 4. The van der Waals surface area contributed by atoms with Crippen LogP contribution in [-0.2, 0) is 28.7 Å². The number of Topliss-reactive ketones (excluding diaryl/α,β-unsaturated/α-hetero) is 1. The van der Waals surface area contributed by atoms with Crippen LogP contribution in [0.4, 0.5) is 4.79 Å². The van der Waals surface area contributed by atoms with E-state index >= 15 is 0 Å². The molecule has 12 nitrogen and oxygen atoms in total. The molecule has 4 rings (SSSR count). The number of primary amides is 1. The van der Waals surface area contributed by atoms with E-state index in [1.807, 2.05) is 0 Å². The van der Waals surface area contributed by atoms with Crippen LogP contribution in [0.2, 0.25) is 0 Å². The number of ketones is 1. The third-order valence-electron chi connectivity index (χ3n) is 9.08. The molecule has 12 heteroatoms. The minimum atomic E-state index is -1.11. The average molecular weight is 664 g/mol. The second-order valence-electron chi connectivity index (χ2n) is 14.8. The Hall–Kier alpha value is -3.18. The number of ether oxygens (including phenoxy) is 1. The average Bonchev–Trinajstić information content (AvgIpc) is 3.93. The number of rotatable bonds is 13. The van der Waals surface area contributed by atoms with E-state index in [0.29, 0.717) is 38.3 Å². The van der Waals surface area contributed by atoms with Gasteiger partial charge in [-0.15, -0.1) is 0 Å². The first-order valence-corrected chi connectivity index (χ1v) is 17.8. The minimum Gasteiger partial charge on any atom is -0.464 e. The molecule has 4 fully saturated rings. The Labute approximate surface area is 281 Å². The van der Waals surface area contributed by atoms with Gasteiger partial charge in [0.2, 0.25) is 17.6 Å². The molecule has 5 N–H and O–H groups in total. The van der Waals surface area contributed by atoms with Crippen LogP contribution < -0.4 is 21.7 Å². The molecular weight excluding hydrogens is 602 g/mol. The number of esters is 1. The van der Waals surface area contributed by atoms with Gasteiger partial charge >= 0.3 is 12.0 Å². The van der Waals surface area contributed by atoms with E-state index in [9.17, 15) is 28.8 Å². The first-order chi connectivity index (χ1) is 22.2. The van der Waals surface area contributed by atoms with Crippen molar-refractivity contribution in [1.82, 2.24) is 20.9 Å². The number of urea groups is 1. The molecule has 1 aliphatic heterocycles. The quantitative estimate of drug-likeness (QED) is 0.170. The number of amides is 5. The molecule has 0 aromatic carbocycles. The summed E-state index contributed by atoms with van der Waals surface area (Å²) >= 11 is 0. The first kappa shape index (κ1) is 40.0. The Bertz CT molecular complexity index is 1060. The van der Waals surface area contributed by atoms with Crippen LogP contribution in [0, 0.1) is 23.2 Å². The number of hydrogen-bond acceptors (Lipinski definition) is 7. The second kappa shape index (κ2) is 19.6. The predicted molar refractivity (Wildman–Crippen MR) is 180 cm³/mol. The molecule has 5 amide bonds. The molecule has 0 aromatic heterocycles. The van der Waals surface area contributed by atoms with Crippen molar-refractivity contribution in [2.45, 2.75) is 143 Å². The summed E-state index contributed by atoms with van der Waals surface area (Å²) in [4.78, 5) is 76.2. The van der Waals surface area contributed by atoms with E-state index < -0.39 is 59.0 Å². The van der Waals surface area contributed by atoms with Crippen LogP contribution in [0.1, 0.15) is 125 Å². The Morgan fingerprint density at radius 3 is 1.91 bits per heavy atom. The number of nitrogens with one attached hydrogen (secondary N) is 3. The van der Waals surface area contributed by atoms with E-state index in [1.54, 1.807) is 20.8 Å². The number of likely N-dealkylation sites (tertiary alicyclic amines) is 1. The van der Waals surface area contributed by atoms with Gasteiger partial charge in [-0.2, -0.15) is 0 Å². The summed E-state index contributed by atoms with van der Waals surface area (Å²) in [6.45, 7) is 12.4. The van der Waals surface area contributed by atoms with Crippen molar-refractivity contribution in [3.8, 4) is 0 Å². The van der Waals surface area contributed by atoms with Crippen LogP contribution in [-0.4, -0.2) is 78.2 Å². The zero-order chi connectivity index (χ0) is 35.1. The Balaban J connectivity index is 0.000000659. The zero-order valence-electron chi connectivity index (χ0n) is 29.7. The molecule has 1 heterocycles. The Morgan fingerprint density at radius 2 is 1.45 bits per heavy atom. The van der Waals surface area contributed by atoms with E-state index in [-0.39, 0.29) is 12.5 Å². The number of carbonyl (C=O) groups excluding carboxylic acids is 6. The van der Waals surface area contributed by atoms with Crippen molar-refractivity contribution in [2.75, 3.05) is 19.7 Å². The van der Waals surface area contributed by atoms with Gasteiger partial charge in [0.05, 0.1) is 12.6 Å². The first-order valence-electron chi connectivity index (χ1n) is 17.8. The Morgan fingerprint density at radius 1 is 0.851 bits per heavy atom. The van der Waals surface area contributed by atoms with Crippen molar-refractivity contribution >= 4 is 35.5 Å². The third kappa shape index (κ3) is 15.1. The normalized spacial score (nSPS) is 20.4. The van der Waals surface area contributed by atoms with Gasteiger partial charge < -0.3 is 31.3 Å². The summed E-state index contributed by atoms with van der Waals surface area (Å²) in [6.07, 6.45) is 13.8. The minimum absolute atomic E-state index is 0.258. The molecule has 3 saturated carbocycles. The summed E-state index contributed by atoms with van der Waals surface area (Å²) in [5, 5.41) is 7.70. The van der Waals surface area contributed by atoms with Crippen molar-refractivity contribution in [2.24, 2.45) is 28.9 Å². The number of nitrogens with two attached hydrogens (primary N) is 1. The van der Waals surface area contributed by atoms with Crippen LogP contribution in [0.25, 0.3) is 0 Å². The number of unbranched alkanes of at least 4 members (excludes halogenated alkanes) is 1. The lowest BCUT2D eigenvalue weighted by Crippen LogP contribution is -2.60. The number of carbonyl (C=O) groups is 6. The monoisotopic (exact) mass is 663 g/mol. The van der Waals surface area contributed by atoms with Crippen molar-refractivity contribution in [1.29, 1.82) is 0 Å². The maximum absolute atomic E-state index is 13.6. The molecule has 0 spiro atoms. The van der Waals surface area contributed by atoms with Gasteiger partial charge in [-0.3, -0.25) is 24.0 Å². The van der Waals surface area contributed by atoms with Crippen molar-refractivity contribution < 1.29 is 33.5 Å². The van der Waals surface area contributed by atoms with Crippen LogP contribution in [0.15, 0.2) is 0 Å².